The summed E-state index contributed by atoms with van der Waals surface area (Å²) < 4.78 is 1.74. The van der Waals surface area contributed by atoms with Crippen LogP contribution in [-0.2, 0) is 26.0 Å². The van der Waals surface area contributed by atoms with Crippen LogP contribution in [0.5, 0.6) is 0 Å². The van der Waals surface area contributed by atoms with Gasteiger partial charge in [-0.3, -0.25) is 9.78 Å². The molecule has 0 unspecified atom stereocenters. The van der Waals surface area contributed by atoms with Crippen LogP contribution in [0.1, 0.15) is 28.8 Å². The summed E-state index contributed by atoms with van der Waals surface area (Å²) >= 11 is 0. The Bertz CT molecular complexity index is 929. The number of fused-ring (bicyclic) bond motifs is 2. The molecule has 4 rings (SSSR count). The molecule has 0 saturated carbocycles. The van der Waals surface area contributed by atoms with Gasteiger partial charge < -0.3 is 9.67 Å². The molecule has 1 aromatic carbocycles. The summed E-state index contributed by atoms with van der Waals surface area (Å²) in [6.45, 7) is 0.177. The fraction of sp³-hybridized carbons (Fsp3) is 0.263. The van der Waals surface area contributed by atoms with Gasteiger partial charge in [0.1, 0.15) is 0 Å². The molecule has 0 atom stereocenters. The van der Waals surface area contributed by atoms with Gasteiger partial charge in [-0.1, -0.05) is 6.07 Å². The minimum absolute atomic E-state index is 0.136. The SMILES string of the molecule is O=c1c(CO)cc2cc3c(cc2n1Cc1ccccn1)CCC3. The number of nitrogens with zero attached hydrogens (tertiary/aromatic N) is 2. The van der Waals surface area contributed by atoms with E-state index < -0.39 is 0 Å². The van der Waals surface area contributed by atoms with Gasteiger partial charge in [0.05, 0.1) is 24.4 Å². The Morgan fingerprint density at radius 1 is 1.13 bits per heavy atom. The molecule has 0 amide bonds. The maximum atomic E-state index is 12.7. The Kier molecular flexibility index (Phi) is 3.46. The highest BCUT2D eigenvalue weighted by Crippen LogP contribution is 2.27. The molecule has 3 aromatic rings. The van der Waals surface area contributed by atoms with Crippen molar-refractivity contribution in [2.24, 2.45) is 0 Å². The molecule has 23 heavy (non-hydrogen) atoms. The Hall–Kier alpha value is -2.46. The molecule has 4 nitrogen and oxygen atoms in total. The Labute approximate surface area is 134 Å². The molecule has 0 saturated heterocycles. The number of aryl methyl sites for hydroxylation is 2. The molecule has 4 heteroatoms. The van der Waals surface area contributed by atoms with Crippen molar-refractivity contribution in [1.82, 2.24) is 9.55 Å². The largest absolute Gasteiger partial charge is 0.391 e. The normalized spacial score (nSPS) is 13.4. The molecule has 116 valence electrons. The number of benzene rings is 1. The van der Waals surface area contributed by atoms with Gasteiger partial charge in [-0.2, -0.15) is 0 Å². The lowest BCUT2D eigenvalue weighted by atomic mass is 10.0. The van der Waals surface area contributed by atoms with Crippen LogP contribution in [0.3, 0.4) is 0 Å². The van der Waals surface area contributed by atoms with Crippen LogP contribution in [0.15, 0.2) is 47.4 Å². The highest BCUT2D eigenvalue weighted by Gasteiger charge is 2.16. The van der Waals surface area contributed by atoms with E-state index in [0.717, 1.165) is 29.4 Å². The molecule has 1 aliphatic carbocycles. The van der Waals surface area contributed by atoms with E-state index in [9.17, 15) is 9.90 Å². The lowest BCUT2D eigenvalue weighted by Crippen LogP contribution is -2.25. The van der Waals surface area contributed by atoms with Crippen LogP contribution < -0.4 is 5.56 Å². The fourth-order valence-corrected chi connectivity index (χ4v) is 3.44. The third kappa shape index (κ3) is 2.45. The van der Waals surface area contributed by atoms with E-state index in [1.165, 1.54) is 17.5 Å². The second kappa shape index (κ2) is 5.63. The van der Waals surface area contributed by atoms with Crippen molar-refractivity contribution >= 4 is 10.9 Å². The Morgan fingerprint density at radius 2 is 1.96 bits per heavy atom. The zero-order valence-corrected chi connectivity index (χ0v) is 12.8. The third-order valence-electron chi connectivity index (χ3n) is 4.60. The van der Waals surface area contributed by atoms with Crippen LogP contribution >= 0.6 is 0 Å². The molecule has 0 aliphatic heterocycles. The van der Waals surface area contributed by atoms with Gasteiger partial charge >= 0.3 is 0 Å². The zero-order chi connectivity index (χ0) is 15.8. The first-order valence-corrected chi connectivity index (χ1v) is 7.95. The van der Waals surface area contributed by atoms with Crippen molar-refractivity contribution in [2.75, 3.05) is 0 Å². The number of aliphatic hydroxyl groups is 1. The second-order valence-corrected chi connectivity index (χ2v) is 6.07. The lowest BCUT2D eigenvalue weighted by Gasteiger charge is -2.14. The van der Waals surface area contributed by atoms with E-state index in [-0.39, 0.29) is 12.2 Å². The quantitative estimate of drug-likeness (QED) is 0.808. The highest BCUT2D eigenvalue weighted by atomic mass is 16.3. The van der Waals surface area contributed by atoms with Crippen LogP contribution in [0.25, 0.3) is 10.9 Å². The topological polar surface area (TPSA) is 55.1 Å². The molecule has 1 aliphatic rings. The molecular formula is C19H18N2O2. The minimum Gasteiger partial charge on any atom is -0.391 e. The van der Waals surface area contributed by atoms with Crippen LogP contribution in [0.4, 0.5) is 0 Å². The first kappa shape index (κ1) is 14.2. The van der Waals surface area contributed by atoms with Crippen molar-refractivity contribution < 1.29 is 5.11 Å². The number of aromatic nitrogens is 2. The van der Waals surface area contributed by atoms with E-state index >= 15 is 0 Å². The van der Waals surface area contributed by atoms with E-state index in [0.29, 0.717) is 12.1 Å². The van der Waals surface area contributed by atoms with E-state index in [1.54, 1.807) is 10.8 Å². The van der Waals surface area contributed by atoms with Gasteiger partial charge in [-0.15, -0.1) is 0 Å². The monoisotopic (exact) mass is 306 g/mol. The molecule has 0 radical (unpaired) electrons. The molecule has 2 aromatic heterocycles. The van der Waals surface area contributed by atoms with Crippen molar-refractivity contribution in [3.8, 4) is 0 Å². The Morgan fingerprint density at radius 3 is 2.70 bits per heavy atom. The van der Waals surface area contributed by atoms with Gasteiger partial charge in [0, 0.05) is 11.8 Å². The average molecular weight is 306 g/mol. The molecule has 0 spiro atoms. The molecule has 0 bridgehead atoms. The van der Waals surface area contributed by atoms with E-state index in [1.807, 2.05) is 24.3 Å². The molecule has 1 N–H and O–H groups in total. The van der Waals surface area contributed by atoms with Crippen molar-refractivity contribution in [1.29, 1.82) is 0 Å². The smallest absolute Gasteiger partial charge is 0.256 e. The maximum absolute atomic E-state index is 12.7. The first-order chi connectivity index (χ1) is 11.3. The number of hydrogen-bond acceptors (Lipinski definition) is 3. The number of hydrogen-bond donors (Lipinski definition) is 1. The summed E-state index contributed by atoms with van der Waals surface area (Å²) in [6.07, 6.45) is 5.07. The van der Waals surface area contributed by atoms with Gasteiger partial charge in [-0.25, -0.2) is 0 Å². The maximum Gasteiger partial charge on any atom is 0.256 e. The average Bonchev–Trinajstić information content (AvgIpc) is 3.04. The zero-order valence-electron chi connectivity index (χ0n) is 12.8. The second-order valence-electron chi connectivity index (χ2n) is 6.07. The standard InChI is InChI=1S/C19H18N2O2/c22-12-16-9-15-8-13-4-3-5-14(13)10-18(15)21(19(16)23)11-17-6-1-2-7-20-17/h1-2,6-10,22H,3-5,11-12H2. The van der Waals surface area contributed by atoms with Crippen LogP contribution in [0.2, 0.25) is 0 Å². The Balaban J connectivity index is 1.96. The first-order valence-electron chi connectivity index (χ1n) is 7.95. The molecule has 2 heterocycles. The van der Waals surface area contributed by atoms with Crippen molar-refractivity contribution in [3.05, 3.63) is 75.3 Å². The number of rotatable bonds is 3. The summed E-state index contributed by atoms with van der Waals surface area (Å²) in [7, 11) is 0. The number of pyridine rings is 2. The predicted molar refractivity (Wildman–Crippen MR) is 89.5 cm³/mol. The van der Waals surface area contributed by atoms with Crippen LogP contribution in [-0.4, -0.2) is 14.7 Å². The molecule has 0 fully saturated rings. The van der Waals surface area contributed by atoms with Crippen molar-refractivity contribution in [3.63, 3.8) is 0 Å². The van der Waals surface area contributed by atoms with Gasteiger partial charge in [0.15, 0.2) is 0 Å². The summed E-state index contributed by atoms with van der Waals surface area (Å²) in [4.78, 5) is 17.0. The fourth-order valence-electron chi connectivity index (χ4n) is 3.44. The van der Waals surface area contributed by atoms with Gasteiger partial charge in [-0.05, 0) is 66.1 Å². The number of aliphatic hydroxyl groups excluding tert-OH is 1. The summed E-state index contributed by atoms with van der Waals surface area (Å²) in [5.74, 6) is 0. The van der Waals surface area contributed by atoms with Gasteiger partial charge in [0.25, 0.3) is 5.56 Å². The summed E-state index contributed by atoms with van der Waals surface area (Å²) in [5, 5.41) is 10.6. The van der Waals surface area contributed by atoms with Crippen LogP contribution in [0, 0.1) is 0 Å². The molecular weight excluding hydrogens is 288 g/mol. The van der Waals surface area contributed by atoms with Crippen molar-refractivity contribution in [2.45, 2.75) is 32.4 Å². The van der Waals surface area contributed by atoms with E-state index in [2.05, 4.69) is 17.1 Å². The summed E-state index contributed by atoms with van der Waals surface area (Å²) in [5.41, 5.74) is 4.77. The van der Waals surface area contributed by atoms with E-state index in [4.69, 9.17) is 0 Å². The summed E-state index contributed by atoms with van der Waals surface area (Å²) in [6, 6.07) is 11.8. The highest BCUT2D eigenvalue weighted by molar-refractivity contribution is 5.82. The van der Waals surface area contributed by atoms with Gasteiger partial charge in [0.2, 0.25) is 0 Å². The minimum atomic E-state index is -0.242. The third-order valence-corrected chi connectivity index (χ3v) is 4.60. The lowest BCUT2D eigenvalue weighted by molar-refractivity contribution is 0.279. The predicted octanol–water partition coefficient (Wildman–Crippen LogP) is 2.43.